The van der Waals surface area contributed by atoms with E-state index >= 15 is 0 Å². The van der Waals surface area contributed by atoms with Crippen LogP contribution in [0.3, 0.4) is 0 Å². The Kier molecular flexibility index (Phi) is 8.09. The van der Waals surface area contributed by atoms with Gasteiger partial charge >= 0.3 is 0 Å². The third kappa shape index (κ3) is 10.5. The molecule has 0 aliphatic heterocycles. The predicted octanol–water partition coefficient (Wildman–Crippen LogP) is 4.47. The maximum atomic E-state index is 3.51. The van der Waals surface area contributed by atoms with E-state index in [1.165, 1.54) is 38.8 Å². The van der Waals surface area contributed by atoms with E-state index in [-0.39, 0.29) is 0 Å². The molecule has 0 saturated carbocycles. The van der Waals surface area contributed by atoms with Crippen molar-refractivity contribution in [2.45, 2.75) is 67.2 Å². The van der Waals surface area contributed by atoms with Gasteiger partial charge in [-0.15, -0.1) is 0 Å². The highest BCUT2D eigenvalue weighted by Gasteiger charge is 2.15. The number of hydrogen-bond acceptors (Lipinski definition) is 1. The Morgan fingerprint density at radius 3 is 2.06 bits per heavy atom. The largest absolute Gasteiger partial charge is 0.316 e. The molecule has 0 heterocycles. The third-order valence-electron chi connectivity index (χ3n) is 3.03. The quantitative estimate of drug-likeness (QED) is 0.603. The lowest BCUT2D eigenvalue weighted by molar-refractivity contribution is 0.282. The van der Waals surface area contributed by atoms with Crippen LogP contribution in [0.5, 0.6) is 0 Å². The normalized spacial score (nSPS) is 16.1. The molecule has 0 spiro atoms. The van der Waals surface area contributed by atoms with E-state index in [2.05, 4.69) is 46.9 Å². The summed E-state index contributed by atoms with van der Waals surface area (Å²) in [5.74, 6) is 1.70. The highest BCUT2D eigenvalue weighted by Crippen LogP contribution is 2.27. The van der Waals surface area contributed by atoms with Crippen LogP contribution in [0.1, 0.15) is 67.2 Å². The van der Waals surface area contributed by atoms with Crippen molar-refractivity contribution in [3.8, 4) is 0 Å². The lowest BCUT2D eigenvalue weighted by atomic mass is 9.83. The van der Waals surface area contributed by atoms with E-state index in [0.29, 0.717) is 5.41 Å². The number of nitrogens with one attached hydrogen (secondary N) is 1. The van der Waals surface area contributed by atoms with Crippen LogP contribution in [0.2, 0.25) is 0 Å². The summed E-state index contributed by atoms with van der Waals surface area (Å²) in [4.78, 5) is 0. The monoisotopic (exact) mass is 227 g/mol. The zero-order valence-corrected chi connectivity index (χ0v) is 12.4. The van der Waals surface area contributed by atoms with Crippen molar-refractivity contribution >= 4 is 0 Å². The van der Waals surface area contributed by atoms with Gasteiger partial charge in [0.25, 0.3) is 0 Å². The summed E-state index contributed by atoms with van der Waals surface area (Å²) in [6.07, 6.45) is 5.34. The molecular weight excluding hydrogens is 194 g/mol. The van der Waals surface area contributed by atoms with Crippen LogP contribution < -0.4 is 5.32 Å². The molecule has 0 aromatic rings. The molecule has 0 aliphatic rings. The fraction of sp³-hybridized carbons (Fsp3) is 1.00. The molecule has 1 N–H and O–H groups in total. The molecule has 98 valence electrons. The second kappa shape index (κ2) is 8.11. The molecule has 0 rings (SSSR count). The number of hydrogen-bond donors (Lipinski definition) is 1. The van der Waals surface area contributed by atoms with Crippen molar-refractivity contribution in [2.24, 2.45) is 17.3 Å². The highest BCUT2D eigenvalue weighted by atomic mass is 14.8. The van der Waals surface area contributed by atoms with E-state index in [1.54, 1.807) is 0 Å². The first-order valence-electron chi connectivity index (χ1n) is 7.06. The topological polar surface area (TPSA) is 12.0 Å². The fourth-order valence-electron chi connectivity index (χ4n) is 2.34. The van der Waals surface area contributed by atoms with Crippen molar-refractivity contribution < 1.29 is 0 Å². The smallest absolute Gasteiger partial charge is 0.00232 e. The van der Waals surface area contributed by atoms with Gasteiger partial charge in [0.1, 0.15) is 0 Å². The third-order valence-corrected chi connectivity index (χ3v) is 3.03. The first-order valence-corrected chi connectivity index (χ1v) is 7.06. The first-order chi connectivity index (χ1) is 7.35. The Labute approximate surface area is 103 Å². The maximum Gasteiger partial charge on any atom is -0.00232 e. The van der Waals surface area contributed by atoms with Crippen molar-refractivity contribution in [1.82, 2.24) is 5.32 Å². The van der Waals surface area contributed by atoms with Gasteiger partial charge in [-0.25, -0.2) is 0 Å². The summed E-state index contributed by atoms with van der Waals surface area (Å²) in [7, 11) is 0. The van der Waals surface area contributed by atoms with Crippen molar-refractivity contribution in [1.29, 1.82) is 0 Å². The summed E-state index contributed by atoms with van der Waals surface area (Å²) in [5.41, 5.74) is 0.489. The van der Waals surface area contributed by atoms with Gasteiger partial charge in [0.15, 0.2) is 0 Å². The highest BCUT2D eigenvalue weighted by molar-refractivity contribution is 4.68. The second-order valence-electron chi connectivity index (χ2n) is 6.76. The lowest BCUT2D eigenvalue weighted by Crippen LogP contribution is -2.22. The average Bonchev–Trinajstić information content (AvgIpc) is 2.12. The maximum absolute atomic E-state index is 3.51. The van der Waals surface area contributed by atoms with E-state index in [1.807, 2.05) is 0 Å². The molecule has 0 radical (unpaired) electrons. The van der Waals surface area contributed by atoms with Gasteiger partial charge in [0.05, 0.1) is 0 Å². The van der Waals surface area contributed by atoms with E-state index in [0.717, 1.165) is 11.8 Å². The molecule has 0 fully saturated rings. The summed E-state index contributed by atoms with van der Waals surface area (Å²) < 4.78 is 0. The Bertz CT molecular complexity index is 157. The molecule has 1 nitrogen and oxygen atoms in total. The van der Waals surface area contributed by atoms with Crippen molar-refractivity contribution in [3.05, 3.63) is 0 Å². The van der Waals surface area contributed by atoms with Crippen molar-refractivity contribution in [2.75, 3.05) is 13.1 Å². The zero-order valence-electron chi connectivity index (χ0n) is 12.4. The van der Waals surface area contributed by atoms with Gasteiger partial charge in [-0.05, 0) is 49.6 Å². The number of rotatable bonds is 8. The molecule has 0 amide bonds. The minimum atomic E-state index is 0.489. The molecule has 0 aromatic carbocycles. The predicted molar refractivity (Wildman–Crippen MR) is 74.8 cm³/mol. The van der Waals surface area contributed by atoms with E-state index in [9.17, 15) is 0 Å². The Morgan fingerprint density at radius 1 is 1.00 bits per heavy atom. The van der Waals surface area contributed by atoms with Crippen LogP contribution in [-0.2, 0) is 0 Å². The van der Waals surface area contributed by atoms with E-state index in [4.69, 9.17) is 0 Å². The van der Waals surface area contributed by atoms with Crippen LogP contribution >= 0.6 is 0 Å². The second-order valence-corrected chi connectivity index (χ2v) is 6.76. The van der Waals surface area contributed by atoms with Crippen LogP contribution in [0, 0.1) is 17.3 Å². The standard InChI is InChI=1S/C15H33N/c1-7-10-16-12-14(3)9-8-13(2)11-15(4,5)6/h13-14,16H,7-12H2,1-6H3. The van der Waals surface area contributed by atoms with Crippen LogP contribution in [0.25, 0.3) is 0 Å². The van der Waals surface area contributed by atoms with Gasteiger partial charge in [-0.2, -0.15) is 0 Å². The molecule has 16 heavy (non-hydrogen) atoms. The summed E-state index contributed by atoms with van der Waals surface area (Å²) in [5, 5.41) is 3.51. The molecular formula is C15H33N. The summed E-state index contributed by atoms with van der Waals surface area (Å²) >= 11 is 0. The Balaban J connectivity index is 3.55. The van der Waals surface area contributed by atoms with E-state index < -0.39 is 0 Å². The molecule has 0 bridgehead atoms. The minimum Gasteiger partial charge on any atom is -0.316 e. The summed E-state index contributed by atoms with van der Waals surface area (Å²) in [6, 6.07) is 0. The minimum absolute atomic E-state index is 0.489. The average molecular weight is 227 g/mol. The molecule has 2 unspecified atom stereocenters. The van der Waals surface area contributed by atoms with Gasteiger partial charge in [-0.1, -0.05) is 48.0 Å². The first kappa shape index (κ1) is 16.0. The van der Waals surface area contributed by atoms with Crippen LogP contribution in [0.15, 0.2) is 0 Å². The lowest BCUT2D eigenvalue weighted by Gasteiger charge is -2.24. The van der Waals surface area contributed by atoms with Gasteiger partial charge in [0.2, 0.25) is 0 Å². The van der Waals surface area contributed by atoms with Gasteiger partial charge < -0.3 is 5.32 Å². The molecule has 0 aliphatic carbocycles. The Morgan fingerprint density at radius 2 is 1.56 bits per heavy atom. The van der Waals surface area contributed by atoms with Gasteiger partial charge in [0, 0.05) is 0 Å². The molecule has 0 aromatic heterocycles. The SMILES string of the molecule is CCCNCC(C)CCC(C)CC(C)(C)C. The summed E-state index contributed by atoms with van der Waals surface area (Å²) in [6.45, 7) is 16.4. The Hall–Kier alpha value is -0.0400. The molecule has 1 heteroatoms. The van der Waals surface area contributed by atoms with Gasteiger partial charge in [-0.3, -0.25) is 0 Å². The molecule has 2 atom stereocenters. The molecule has 0 saturated heterocycles. The van der Waals surface area contributed by atoms with Crippen molar-refractivity contribution in [3.63, 3.8) is 0 Å². The zero-order chi connectivity index (χ0) is 12.6. The van der Waals surface area contributed by atoms with Crippen LogP contribution in [-0.4, -0.2) is 13.1 Å². The van der Waals surface area contributed by atoms with Crippen LogP contribution in [0.4, 0.5) is 0 Å². The fourth-order valence-corrected chi connectivity index (χ4v) is 2.34.